The zero-order valence-corrected chi connectivity index (χ0v) is 16.3. The molecule has 0 aromatic carbocycles. The van der Waals surface area contributed by atoms with E-state index in [-0.39, 0.29) is 17.7 Å². The second-order valence-electron chi connectivity index (χ2n) is 7.99. The van der Waals surface area contributed by atoms with E-state index in [1.807, 2.05) is 39.0 Å². The van der Waals surface area contributed by atoms with Crippen LogP contribution in [0.4, 0.5) is 0 Å². The number of hydrogen-bond donors (Lipinski definition) is 0. The van der Waals surface area contributed by atoms with Crippen molar-refractivity contribution in [1.82, 2.24) is 4.98 Å². The molecular weight excluding hydrogens is 330 g/mol. The summed E-state index contributed by atoms with van der Waals surface area (Å²) in [5, 5.41) is 0. The highest BCUT2D eigenvalue weighted by Crippen LogP contribution is 2.45. The molecule has 0 amide bonds. The molecule has 0 saturated heterocycles. The van der Waals surface area contributed by atoms with Crippen LogP contribution in [0.3, 0.4) is 0 Å². The second-order valence-corrected chi connectivity index (χ2v) is 7.99. The molecule has 0 aliphatic heterocycles. The fourth-order valence-corrected chi connectivity index (χ4v) is 3.32. The first kappa shape index (κ1) is 20.1. The molecule has 0 N–H and O–H groups in total. The number of pyridine rings is 1. The van der Waals surface area contributed by atoms with Crippen LogP contribution in [0.25, 0.3) is 0 Å². The monoisotopic (exact) mass is 359 g/mol. The van der Waals surface area contributed by atoms with Crippen LogP contribution >= 0.6 is 0 Å². The third kappa shape index (κ3) is 5.97. The molecule has 0 bridgehead atoms. The summed E-state index contributed by atoms with van der Waals surface area (Å²) in [6.45, 7) is 7.18. The van der Waals surface area contributed by atoms with Gasteiger partial charge in [-0.15, -0.1) is 0 Å². The number of rotatable bonds is 7. The highest BCUT2D eigenvalue weighted by atomic mass is 16.6. The Labute approximate surface area is 155 Å². The first-order chi connectivity index (χ1) is 12.2. The molecular formula is C21H29NO4. The lowest BCUT2D eigenvalue weighted by molar-refractivity contribution is -0.155. The van der Waals surface area contributed by atoms with Crippen LogP contribution in [0, 0.1) is 11.8 Å². The van der Waals surface area contributed by atoms with E-state index in [0.29, 0.717) is 24.1 Å². The average molecular weight is 359 g/mol. The molecule has 1 heterocycles. The maximum Gasteiger partial charge on any atom is 0.306 e. The summed E-state index contributed by atoms with van der Waals surface area (Å²) in [4.78, 5) is 27.8. The van der Waals surface area contributed by atoms with Crippen molar-refractivity contribution in [2.45, 2.75) is 58.5 Å². The number of nitrogens with zero attached hydrogens (tertiary/aromatic N) is 1. The summed E-state index contributed by atoms with van der Waals surface area (Å²) in [5.41, 5.74) is 0.530. The van der Waals surface area contributed by atoms with Gasteiger partial charge in [0, 0.05) is 12.3 Å². The summed E-state index contributed by atoms with van der Waals surface area (Å²) in [6.07, 6.45) is 7.66. The largest absolute Gasteiger partial charge is 0.481 e. The average Bonchev–Trinajstić information content (AvgIpc) is 2.50. The van der Waals surface area contributed by atoms with E-state index in [2.05, 4.69) is 4.98 Å². The van der Waals surface area contributed by atoms with Gasteiger partial charge in [-0.05, 0) is 69.9 Å². The minimum atomic E-state index is -0.494. The van der Waals surface area contributed by atoms with E-state index >= 15 is 0 Å². The number of ether oxygens (including phenoxy) is 2. The number of carbonyl (C=O) groups is 2. The number of aromatic nitrogens is 1. The van der Waals surface area contributed by atoms with E-state index in [1.54, 1.807) is 26.3 Å². The van der Waals surface area contributed by atoms with Gasteiger partial charge < -0.3 is 9.47 Å². The molecule has 1 aliphatic rings. The fourth-order valence-electron chi connectivity index (χ4n) is 3.32. The Kier molecular flexibility index (Phi) is 6.57. The van der Waals surface area contributed by atoms with Gasteiger partial charge in [0.15, 0.2) is 5.78 Å². The molecule has 1 saturated carbocycles. The van der Waals surface area contributed by atoms with Crippen LogP contribution in [-0.2, 0) is 14.3 Å². The Morgan fingerprint density at radius 1 is 1.31 bits per heavy atom. The number of ketones is 1. The van der Waals surface area contributed by atoms with E-state index in [9.17, 15) is 9.59 Å². The topological polar surface area (TPSA) is 65.5 Å². The minimum absolute atomic E-state index is 0.0604. The third-order valence-corrected chi connectivity index (χ3v) is 4.59. The van der Waals surface area contributed by atoms with E-state index in [4.69, 9.17) is 9.47 Å². The number of esters is 1. The van der Waals surface area contributed by atoms with Crippen LogP contribution in [0.5, 0.6) is 5.88 Å². The molecule has 142 valence electrons. The van der Waals surface area contributed by atoms with Crippen LogP contribution in [0.2, 0.25) is 0 Å². The summed E-state index contributed by atoms with van der Waals surface area (Å²) in [5.74, 6) is 1.26. The number of allylic oxidation sites excluding steroid dienone is 2. The van der Waals surface area contributed by atoms with Gasteiger partial charge in [0.05, 0.1) is 13.5 Å². The summed E-state index contributed by atoms with van der Waals surface area (Å²) >= 11 is 0. The molecule has 5 heteroatoms. The van der Waals surface area contributed by atoms with E-state index in [1.165, 1.54) is 0 Å². The van der Waals surface area contributed by atoms with Crippen molar-refractivity contribution < 1.29 is 19.1 Å². The van der Waals surface area contributed by atoms with Gasteiger partial charge in [-0.2, -0.15) is 0 Å². The van der Waals surface area contributed by atoms with Crippen molar-refractivity contribution in [3.8, 4) is 5.88 Å². The van der Waals surface area contributed by atoms with Gasteiger partial charge in [0.1, 0.15) is 5.60 Å². The first-order valence-electron chi connectivity index (χ1n) is 9.08. The van der Waals surface area contributed by atoms with Crippen LogP contribution < -0.4 is 4.74 Å². The lowest BCUT2D eigenvalue weighted by Gasteiger charge is -2.39. The number of hydrogen-bond acceptors (Lipinski definition) is 5. The van der Waals surface area contributed by atoms with Crippen molar-refractivity contribution in [2.75, 3.05) is 7.11 Å². The molecule has 1 aliphatic carbocycles. The first-order valence-corrected chi connectivity index (χ1v) is 9.08. The summed E-state index contributed by atoms with van der Waals surface area (Å²) < 4.78 is 10.6. The van der Waals surface area contributed by atoms with E-state index < -0.39 is 5.60 Å². The lowest BCUT2D eigenvalue weighted by Crippen LogP contribution is -2.31. The maximum atomic E-state index is 12.4. The fraction of sp³-hybridized carbons (Fsp3) is 0.571. The third-order valence-electron chi connectivity index (χ3n) is 4.59. The lowest BCUT2D eigenvalue weighted by atomic mass is 9.66. The van der Waals surface area contributed by atoms with Crippen molar-refractivity contribution in [3.05, 3.63) is 36.0 Å². The summed E-state index contributed by atoms with van der Waals surface area (Å²) in [7, 11) is 1.58. The number of carbonyl (C=O) groups excluding carboxylic acids is 2. The molecule has 2 rings (SSSR count). The van der Waals surface area contributed by atoms with Gasteiger partial charge in [0.2, 0.25) is 5.88 Å². The molecule has 0 spiro atoms. The normalized spacial score (nSPS) is 21.1. The van der Waals surface area contributed by atoms with Crippen molar-refractivity contribution in [3.63, 3.8) is 0 Å². The van der Waals surface area contributed by atoms with Gasteiger partial charge in [-0.25, -0.2) is 4.98 Å². The van der Waals surface area contributed by atoms with Gasteiger partial charge in [0.25, 0.3) is 0 Å². The van der Waals surface area contributed by atoms with Crippen molar-refractivity contribution in [1.29, 1.82) is 0 Å². The van der Waals surface area contributed by atoms with Gasteiger partial charge >= 0.3 is 5.97 Å². The standard InChI is InChI=1S/C21H29NO4/c1-14(23)6-7-15-10-17(11-15)18(12-20(24)26-21(2,3)4)16-8-9-19(25-5)22-13-16/h6-9,13,15,17-18H,10-12H2,1-5H3. The second kappa shape index (κ2) is 8.47. The van der Waals surface area contributed by atoms with Gasteiger partial charge in [-0.3, -0.25) is 9.59 Å². The highest BCUT2D eigenvalue weighted by Gasteiger charge is 2.36. The molecule has 1 unspecified atom stereocenters. The molecule has 26 heavy (non-hydrogen) atoms. The maximum absolute atomic E-state index is 12.4. The minimum Gasteiger partial charge on any atom is -0.481 e. The van der Waals surface area contributed by atoms with Crippen LogP contribution in [0.15, 0.2) is 30.5 Å². The van der Waals surface area contributed by atoms with Crippen molar-refractivity contribution in [2.24, 2.45) is 11.8 Å². The Morgan fingerprint density at radius 2 is 2.00 bits per heavy atom. The Balaban J connectivity index is 2.09. The zero-order valence-electron chi connectivity index (χ0n) is 16.3. The summed E-state index contributed by atoms with van der Waals surface area (Å²) in [6, 6.07) is 3.79. The Morgan fingerprint density at radius 3 is 2.50 bits per heavy atom. The van der Waals surface area contributed by atoms with Crippen molar-refractivity contribution >= 4 is 11.8 Å². The Bertz CT molecular complexity index is 652. The molecule has 1 atom stereocenters. The van der Waals surface area contributed by atoms with E-state index in [0.717, 1.165) is 18.4 Å². The zero-order chi connectivity index (χ0) is 19.3. The molecule has 1 aromatic rings. The molecule has 5 nitrogen and oxygen atoms in total. The predicted molar refractivity (Wildman–Crippen MR) is 100 cm³/mol. The molecule has 1 aromatic heterocycles. The smallest absolute Gasteiger partial charge is 0.306 e. The SMILES string of the molecule is COc1ccc(C(CC(=O)OC(C)(C)C)C2CC(C=CC(C)=O)C2)cn1. The Hall–Kier alpha value is -2.17. The molecule has 0 radical (unpaired) electrons. The van der Waals surface area contributed by atoms with Crippen LogP contribution in [-0.4, -0.2) is 29.4 Å². The highest BCUT2D eigenvalue weighted by molar-refractivity contribution is 5.87. The molecule has 1 fully saturated rings. The van der Waals surface area contributed by atoms with Gasteiger partial charge in [-0.1, -0.05) is 12.1 Å². The number of methoxy groups -OCH3 is 1. The quantitative estimate of drug-likeness (QED) is 0.542. The predicted octanol–water partition coefficient (Wildman–Crippen LogP) is 4.08. The van der Waals surface area contributed by atoms with Crippen LogP contribution in [0.1, 0.15) is 58.4 Å².